The van der Waals surface area contributed by atoms with Crippen molar-refractivity contribution < 1.29 is 19.8 Å². The highest BCUT2D eigenvalue weighted by molar-refractivity contribution is 6.18. The van der Waals surface area contributed by atoms with Crippen LogP contribution in [-0.2, 0) is 0 Å². The van der Waals surface area contributed by atoms with Crippen LogP contribution in [0, 0.1) is 4.91 Å². The van der Waals surface area contributed by atoms with E-state index in [-0.39, 0.29) is 12.4 Å². The second kappa shape index (κ2) is 5.21. The average Bonchev–Trinajstić information content (AvgIpc) is 2.57. The maximum atomic E-state index is 11.2. The number of hydrogen-bond donors (Lipinski definition) is 2. The molecule has 0 aliphatic carbocycles. The Morgan fingerprint density at radius 1 is 1.50 bits per heavy atom. The van der Waals surface area contributed by atoms with E-state index in [9.17, 15) is 9.70 Å². The maximum Gasteiger partial charge on any atom is 0.458 e. The number of nitroso groups, excluding NO2 is 1. The second-order valence-electron chi connectivity index (χ2n) is 2.60. The molecule has 1 aromatic rings. The van der Waals surface area contributed by atoms with Gasteiger partial charge in [0, 0.05) is 18.0 Å². The number of hydrogen-bond acceptors (Lipinski definition) is 6. The van der Waals surface area contributed by atoms with Crippen molar-refractivity contribution in [1.29, 1.82) is 0 Å². The molecule has 0 bridgehead atoms. The number of nitrogens with zero attached hydrogens (tertiary/aromatic N) is 3. The summed E-state index contributed by atoms with van der Waals surface area (Å²) in [4.78, 5) is 25.9. The molecule has 0 saturated carbocycles. The molecule has 1 amide bonds. The highest BCUT2D eigenvalue weighted by Gasteiger charge is 2.19. The summed E-state index contributed by atoms with van der Waals surface area (Å²) in [6, 6.07) is 2.20. The van der Waals surface area contributed by atoms with Crippen molar-refractivity contribution >= 4 is 17.7 Å². The van der Waals surface area contributed by atoms with E-state index < -0.39 is 17.9 Å². The smallest absolute Gasteiger partial charge is 0.458 e. The Hall–Kier alpha value is -1.96. The summed E-state index contributed by atoms with van der Waals surface area (Å²) >= 11 is 5.31. The van der Waals surface area contributed by atoms with Crippen molar-refractivity contribution in [2.45, 2.75) is 0 Å². The van der Waals surface area contributed by atoms with Crippen molar-refractivity contribution in [2.24, 2.45) is 5.29 Å². The Kier molecular flexibility index (Phi) is 3.95. The number of carbonyl (C=O) groups excluding carboxylic acids is 1. The number of rotatable bonds is 4. The zero-order chi connectivity index (χ0) is 12.1. The van der Waals surface area contributed by atoms with E-state index in [2.05, 4.69) is 10.1 Å². The van der Waals surface area contributed by atoms with E-state index in [0.29, 0.717) is 9.74 Å². The lowest BCUT2D eigenvalue weighted by Gasteiger charge is -2.12. The average molecular weight is 250 g/mol. The van der Waals surface area contributed by atoms with E-state index in [0.717, 1.165) is 12.1 Å². The third kappa shape index (κ3) is 2.54. The molecule has 0 atom stereocenters. The van der Waals surface area contributed by atoms with Gasteiger partial charge in [-0.1, -0.05) is 0 Å². The number of carbonyl (C=O) groups is 1. The topological polar surface area (TPSA) is 104 Å². The standard InChI is InChI=1S/C7H8ClN3O5/c8-3-4-10(9-15)7(14)16-11-5(12)1-2-6(11)13/h1-2,12-13H,3-4H2. The number of amides is 1. The number of aromatic hydroxyl groups is 2. The molecule has 8 nitrogen and oxygen atoms in total. The molecule has 1 rings (SSSR count). The van der Waals surface area contributed by atoms with Crippen LogP contribution in [0.25, 0.3) is 0 Å². The van der Waals surface area contributed by atoms with Gasteiger partial charge in [-0.25, -0.2) is 4.79 Å². The molecule has 0 aliphatic heterocycles. The van der Waals surface area contributed by atoms with Gasteiger partial charge in [-0.2, -0.15) is 5.01 Å². The molecule has 0 aromatic carbocycles. The Balaban J connectivity index is 2.73. The molecule has 0 fully saturated rings. The van der Waals surface area contributed by atoms with Crippen molar-refractivity contribution in [3.63, 3.8) is 0 Å². The third-order valence-corrected chi connectivity index (χ3v) is 1.74. The molecule has 0 saturated heterocycles. The molecular weight excluding hydrogens is 242 g/mol. The summed E-state index contributed by atoms with van der Waals surface area (Å²) in [6.45, 7) is -0.146. The molecule has 2 N–H and O–H groups in total. The van der Waals surface area contributed by atoms with Gasteiger partial charge in [0.15, 0.2) is 0 Å². The zero-order valence-corrected chi connectivity index (χ0v) is 8.66. The van der Waals surface area contributed by atoms with Gasteiger partial charge < -0.3 is 15.1 Å². The summed E-state index contributed by atoms with van der Waals surface area (Å²) in [5.74, 6) is -1.00. The molecule has 0 unspecified atom stereocenters. The largest absolute Gasteiger partial charge is 0.492 e. The first-order valence-electron chi connectivity index (χ1n) is 4.09. The van der Waals surface area contributed by atoms with Crippen LogP contribution in [0.3, 0.4) is 0 Å². The van der Waals surface area contributed by atoms with Crippen LogP contribution >= 0.6 is 11.6 Å². The molecular formula is C7H8ClN3O5. The number of halogens is 1. The van der Waals surface area contributed by atoms with Crippen molar-refractivity contribution in [2.75, 3.05) is 12.4 Å². The predicted octanol–water partition coefficient (Wildman–Crippen LogP) is 0.670. The Morgan fingerprint density at radius 2 is 2.06 bits per heavy atom. The van der Waals surface area contributed by atoms with E-state index in [4.69, 9.17) is 21.8 Å². The minimum Gasteiger partial charge on any atom is -0.492 e. The fraction of sp³-hybridized carbons (Fsp3) is 0.286. The van der Waals surface area contributed by atoms with Crippen LogP contribution < -0.4 is 4.84 Å². The number of alkyl halides is 1. The van der Waals surface area contributed by atoms with Gasteiger partial charge in [-0.3, -0.25) is 0 Å². The zero-order valence-electron chi connectivity index (χ0n) is 7.91. The van der Waals surface area contributed by atoms with E-state index in [1.165, 1.54) is 0 Å². The van der Waals surface area contributed by atoms with E-state index in [1.54, 1.807) is 0 Å². The molecule has 88 valence electrons. The summed E-state index contributed by atoms with van der Waals surface area (Å²) < 4.78 is 0.439. The van der Waals surface area contributed by atoms with Crippen molar-refractivity contribution in [1.82, 2.24) is 9.74 Å². The lowest BCUT2D eigenvalue weighted by molar-refractivity contribution is 0.0764. The molecule has 1 aromatic heterocycles. The monoisotopic (exact) mass is 249 g/mol. The summed E-state index contributed by atoms with van der Waals surface area (Å²) in [6.07, 6.45) is -1.17. The van der Waals surface area contributed by atoms with Crippen LogP contribution in [0.4, 0.5) is 4.79 Å². The molecule has 1 heterocycles. The SMILES string of the molecule is O=NN(CCCl)C(=O)On1c(O)ccc1O. The van der Waals surface area contributed by atoms with Crippen molar-refractivity contribution in [3.05, 3.63) is 17.0 Å². The summed E-state index contributed by atoms with van der Waals surface area (Å²) in [7, 11) is 0. The quantitative estimate of drug-likeness (QED) is 0.464. The van der Waals surface area contributed by atoms with Crippen LogP contribution in [0.5, 0.6) is 11.8 Å². The van der Waals surface area contributed by atoms with Gasteiger partial charge in [0.25, 0.3) is 0 Å². The van der Waals surface area contributed by atoms with E-state index in [1.807, 2.05) is 0 Å². The lowest BCUT2D eigenvalue weighted by Crippen LogP contribution is -2.34. The number of aromatic nitrogens is 1. The van der Waals surface area contributed by atoms with Gasteiger partial charge >= 0.3 is 6.09 Å². The molecule has 16 heavy (non-hydrogen) atoms. The molecule has 0 radical (unpaired) electrons. The van der Waals surface area contributed by atoms with Gasteiger partial charge in [-0.15, -0.1) is 21.2 Å². The first-order chi connectivity index (χ1) is 7.60. The summed E-state index contributed by atoms with van der Waals surface area (Å²) in [5.41, 5.74) is 0. The summed E-state index contributed by atoms with van der Waals surface area (Å²) in [5, 5.41) is 21.0. The fourth-order valence-electron chi connectivity index (χ4n) is 0.866. The Morgan fingerprint density at radius 3 is 2.50 bits per heavy atom. The highest BCUT2D eigenvalue weighted by atomic mass is 35.5. The maximum absolute atomic E-state index is 11.2. The first kappa shape index (κ1) is 12.1. The Labute approximate surface area is 94.5 Å². The third-order valence-electron chi connectivity index (χ3n) is 1.57. The van der Waals surface area contributed by atoms with Gasteiger partial charge in [-0.05, 0) is 0 Å². The minimum atomic E-state index is -1.17. The molecule has 0 spiro atoms. The minimum absolute atomic E-state index is 0.00944. The van der Waals surface area contributed by atoms with Gasteiger partial charge in [0.05, 0.1) is 11.8 Å². The highest BCUT2D eigenvalue weighted by Crippen LogP contribution is 2.18. The lowest BCUT2D eigenvalue weighted by atomic mass is 10.6. The molecule has 9 heteroatoms. The molecule has 0 aliphatic rings. The van der Waals surface area contributed by atoms with Crippen LogP contribution in [0.1, 0.15) is 0 Å². The van der Waals surface area contributed by atoms with Gasteiger partial charge in [0.2, 0.25) is 11.8 Å². The van der Waals surface area contributed by atoms with E-state index >= 15 is 0 Å². The normalized spacial score (nSPS) is 9.81. The fourth-order valence-corrected chi connectivity index (χ4v) is 1.03. The first-order valence-corrected chi connectivity index (χ1v) is 4.62. The second-order valence-corrected chi connectivity index (χ2v) is 2.97. The van der Waals surface area contributed by atoms with Gasteiger partial charge in [0.1, 0.15) is 0 Å². The van der Waals surface area contributed by atoms with Crippen molar-refractivity contribution in [3.8, 4) is 11.8 Å². The predicted molar refractivity (Wildman–Crippen MR) is 53.0 cm³/mol. The van der Waals surface area contributed by atoms with Crippen LogP contribution in [0.2, 0.25) is 0 Å². The Bertz CT molecular complexity index is 374. The van der Waals surface area contributed by atoms with Crippen LogP contribution in [0.15, 0.2) is 17.4 Å². The van der Waals surface area contributed by atoms with Crippen LogP contribution in [-0.4, -0.2) is 38.5 Å².